The van der Waals surface area contributed by atoms with E-state index in [2.05, 4.69) is 305 Å². The zero-order valence-electron chi connectivity index (χ0n) is 52.7. The number of para-hydroxylation sites is 3. The molecule has 0 N–H and O–H groups in total. The van der Waals surface area contributed by atoms with E-state index in [-0.39, 0.29) is 5.41 Å². The zero-order valence-corrected chi connectivity index (χ0v) is 52.7. The van der Waals surface area contributed by atoms with Gasteiger partial charge in [0.2, 0.25) is 0 Å². The lowest BCUT2D eigenvalue weighted by atomic mass is 9.81. The number of aromatic nitrogens is 4. The second-order valence-electron chi connectivity index (χ2n) is 26.0. The molecule has 5 nitrogen and oxygen atoms in total. The monoisotopic (exact) mass is 1220 g/mol. The maximum atomic E-state index is 6.30. The Hall–Kier alpha value is -12.4. The van der Waals surface area contributed by atoms with Crippen LogP contribution in [0.5, 0.6) is 0 Å². The summed E-state index contributed by atoms with van der Waals surface area (Å²) in [6.07, 6.45) is 0. The maximum Gasteiger partial charge on any atom is 0.160 e. The van der Waals surface area contributed by atoms with Crippen LogP contribution in [0, 0.1) is 0 Å². The highest BCUT2D eigenvalue weighted by Crippen LogP contribution is 2.51. The van der Waals surface area contributed by atoms with E-state index in [9.17, 15) is 0 Å². The fraction of sp³-hybridized carbons (Fsp3) is 0.0330. The molecule has 0 fully saturated rings. The third kappa shape index (κ3) is 9.07. The molecule has 96 heavy (non-hydrogen) atoms. The van der Waals surface area contributed by atoms with Crippen LogP contribution in [-0.2, 0) is 5.41 Å². The first-order chi connectivity index (χ1) is 47.3. The smallest absolute Gasteiger partial charge is 0.160 e. The first-order valence-corrected chi connectivity index (χ1v) is 32.9. The minimum atomic E-state index is -0.0498. The van der Waals surface area contributed by atoms with Crippen molar-refractivity contribution in [1.82, 2.24) is 19.9 Å². The molecule has 0 unspecified atom stereocenters. The van der Waals surface area contributed by atoms with E-state index in [0.29, 0.717) is 5.82 Å². The van der Waals surface area contributed by atoms with Crippen LogP contribution in [0.15, 0.2) is 320 Å². The van der Waals surface area contributed by atoms with Crippen LogP contribution >= 0.6 is 0 Å². The van der Waals surface area contributed by atoms with Crippen molar-refractivity contribution in [2.24, 2.45) is 0 Å². The van der Waals surface area contributed by atoms with Crippen LogP contribution in [0.1, 0.15) is 25.0 Å². The summed E-state index contributed by atoms with van der Waals surface area (Å²) < 4.78 is 6.30. The lowest BCUT2D eigenvalue weighted by molar-refractivity contribution is 0.661. The molecule has 19 aromatic rings. The molecule has 3 heterocycles. The van der Waals surface area contributed by atoms with Gasteiger partial charge in [0.1, 0.15) is 11.2 Å². The van der Waals surface area contributed by atoms with Gasteiger partial charge in [-0.05, 0) is 176 Å². The summed E-state index contributed by atoms with van der Waals surface area (Å²) in [6.45, 7) is 4.71. The molecule has 16 aromatic carbocycles. The lowest BCUT2D eigenvalue weighted by Crippen LogP contribution is -2.14. The summed E-state index contributed by atoms with van der Waals surface area (Å²) in [5.41, 5.74) is 19.9. The third-order valence-corrected chi connectivity index (χ3v) is 20.0. The molecule has 1 aliphatic rings. The van der Waals surface area contributed by atoms with E-state index in [1.807, 2.05) is 24.3 Å². The molecule has 20 rings (SSSR count). The van der Waals surface area contributed by atoms with Crippen molar-refractivity contribution in [3.63, 3.8) is 0 Å². The van der Waals surface area contributed by atoms with Crippen LogP contribution in [-0.4, -0.2) is 19.9 Å². The van der Waals surface area contributed by atoms with Gasteiger partial charge in [0, 0.05) is 49.2 Å². The van der Waals surface area contributed by atoms with E-state index in [1.165, 1.54) is 98.2 Å². The van der Waals surface area contributed by atoms with Crippen molar-refractivity contribution in [2.45, 2.75) is 19.3 Å². The molecule has 0 atom stereocenters. The van der Waals surface area contributed by atoms with Gasteiger partial charge in [0.25, 0.3) is 0 Å². The molecule has 0 saturated heterocycles. The van der Waals surface area contributed by atoms with Crippen molar-refractivity contribution in [3.05, 3.63) is 327 Å². The Balaban J connectivity index is 0.000000135. The molecule has 0 saturated carbocycles. The Morgan fingerprint density at radius 3 is 1.26 bits per heavy atom. The molecular weight excluding hydrogens is 1170 g/mol. The predicted octanol–water partition coefficient (Wildman–Crippen LogP) is 24.4. The quantitative estimate of drug-likeness (QED) is 0.155. The molecule has 0 spiro atoms. The van der Waals surface area contributed by atoms with Gasteiger partial charge in [-0.3, -0.25) is 0 Å². The first kappa shape index (κ1) is 55.2. The van der Waals surface area contributed by atoms with Crippen LogP contribution < -0.4 is 0 Å². The van der Waals surface area contributed by atoms with Crippen molar-refractivity contribution in [1.29, 1.82) is 0 Å². The van der Waals surface area contributed by atoms with Gasteiger partial charge in [-0.15, -0.1) is 0 Å². The molecule has 0 aliphatic heterocycles. The van der Waals surface area contributed by atoms with Crippen molar-refractivity contribution in [3.8, 4) is 78.7 Å². The molecule has 448 valence electrons. The number of benzene rings is 16. The van der Waals surface area contributed by atoms with E-state index < -0.39 is 0 Å². The Morgan fingerprint density at radius 1 is 0.240 bits per heavy atom. The fourth-order valence-corrected chi connectivity index (χ4v) is 15.3. The van der Waals surface area contributed by atoms with Crippen LogP contribution in [0.25, 0.3) is 187 Å². The fourth-order valence-electron chi connectivity index (χ4n) is 15.3. The van der Waals surface area contributed by atoms with Crippen molar-refractivity contribution >= 4 is 108 Å². The highest BCUT2D eigenvalue weighted by molar-refractivity contribution is 6.24. The standard InChI is InChI=1S/C47H32N2.C44H26N2O/c1-47(2)41-17-8-6-15-37(41)40-27-33-22-20-30-19-21-32-26-35(23-24-36(32)44(30)39(33)28-42(40)47)46-48-43-18-9-7-16-38(43)45(49-46)34-14-10-13-31(25-34)29-11-4-3-5-12-29;1-2-9-27(10-3-1)29-11-8-12-32(23-29)43-36-14-4-6-15-39(36)45-44(46-43)33-21-22-34-30(24-33)19-17-28-18-20-31-25-38-35-13-5-7-16-40(35)47-41(38)26-37(31)42(28)34/h3-28H,1-2H3;1-26H. The molecule has 0 bridgehead atoms. The van der Waals surface area contributed by atoms with E-state index in [1.54, 1.807) is 0 Å². The van der Waals surface area contributed by atoms with Gasteiger partial charge in [0.15, 0.2) is 11.6 Å². The molecule has 5 heteroatoms. The number of nitrogens with zero attached hydrogens (tertiary/aromatic N) is 4. The van der Waals surface area contributed by atoms with E-state index in [4.69, 9.17) is 24.4 Å². The Morgan fingerprint density at radius 2 is 0.688 bits per heavy atom. The Kier molecular flexibility index (Phi) is 12.6. The molecule has 0 radical (unpaired) electrons. The average Bonchev–Trinajstić information content (AvgIpc) is 1.64. The van der Waals surface area contributed by atoms with Crippen LogP contribution in [0.3, 0.4) is 0 Å². The van der Waals surface area contributed by atoms with Crippen molar-refractivity contribution in [2.75, 3.05) is 0 Å². The van der Waals surface area contributed by atoms with E-state index in [0.717, 1.165) is 94.2 Å². The van der Waals surface area contributed by atoms with Crippen LogP contribution in [0.4, 0.5) is 0 Å². The summed E-state index contributed by atoms with van der Waals surface area (Å²) in [7, 11) is 0. The minimum absolute atomic E-state index is 0.0498. The number of fused-ring (bicyclic) bond motifs is 18. The molecule has 0 amide bonds. The molecule has 1 aliphatic carbocycles. The number of hydrogen-bond acceptors (Lipinski definition) is 5. The first-order valence-electron chi connectivity index (χ1n) is 32.9. The van der Waals surface area contributed by atoms with Crippen LogP contribution in [0.2, 0.25) is 0 Å². The zero-order chi connectivity index (χ0) is 63.6. The molecular formula is C91H58N4O. The van der Waals surface area contributed by atoms with Gasteiger partial charge >= 0.3 is 0 Å². The van der Waals surface area contributed by atoms with E-state index >= 15 is 0 Å². The van der Waals surface area contributed by atoms with Gasteiger partial charge in [-0.2, -0.15) is 0 Å². The summed E-state index contributed by atoms with van der Waals surface area (Å²) >= 11 is 0. The highest BCUT2D eigenvalue weighted by Gasteiger charge is 2.35. The highest BCUT2D eigenvalue weighted by atomic mass is 16.3. The SMILES string of the molecule is CC1(C)c2ccccc2-c2cc3ccc4ccc5cc(-c6nc(-c7cccc(-c8ccccc8)c7)c7ccccc7n6)ccc5c4c3cc21.c1ccc(-c2cccc(-c3nc(-c4ccc5c(ccc6ccc7cc8c(cc7c65)oc5ccccc58)c4)nc4ccccc34)c2)cc1. The molecule has 3 aromatic heterocycles. The second-order valence-corrected chi connectivity index (χ2v) is 26.0. The third-order valence-electron chi connectivity index (χ3n) is 20.0. The lowest BCUT2D eigenvalue weighted by Gasteiger charge is -2.22. The summed E-state index contributed by atoms with van der Waals surface area (Å²) in [5.74, 6) is 1.45. The predicted molar refractivity (Wildman–Crippen MR) is 402 cm³/mol. The van der Waals surface area contributed by atoms with Crippen molar-refractivity contribution < 1.29 is 4.42 Å². The number of rotatable bonds is 6. The average molecular weight is 1220 g/mol. The number of furan rings is 1. The normalized spacial score (nSPS) is 12.6. The van der Waals surface area contributed by atoms with Gasteiger partial charge in [-0.25, -0.2) is 19.9 Å². The van der Waals surface area contributed by atoms with Gasteiger partial charge < -0.3 is 4.42 Å². The minimum Gasteiger partial charge on any atom is -0.456 e. The maximum absolute atomic E-state index is 6.30. The second kappa shape index (κ2) is 21.8. The summed E-state index contributed by atoms with van der Waals surface area (Å²) in [4.78, 5) is 20.6. The number of hydrogen-bond donors (Lipinski definition) is 0. The van der Waals surface area contributed by atoms with Gasteiger partial charge in [0.05, 0.1) is 22.4 Å². The summed E-state index contributed by atoms with van der Waals surface area (Å²) in [6, 6.07) is 113. The topological polar surface area (TPSA) is 64.7 Å². The van der Waals surface area contributed by atoms with Gasteiger partial charge in [-0.1, -0.05) is 263 Å². The largest absolute Gasteiger partial charge is 0.456 e. The Labute approximate surface area is 553 Å². The Bertz CT molecular complexity index is 6430. The summed E-state index contributed by atoms with van der Waals surface area (Å²) in [5, 5.41) is 19.1.